The summed E-state index contributed by atoms with van der Waals surface area (Å²) in [5.41, 5.74) is 3.23. The lowest BCUT2D eigenvalue weighted by Crippen LogP contribution is -2.39. The van der Waals surface area contributed by atoms with Gasteiger partial charge in [-0.15, -0.1) is 11.6 Å². The zero-order valence-electron chi connectivity index (χ0n) is 12.8. The topological polar surface area (TPSA) is 29.5 Å². The Labute approximate surface area is 126 Å². The highest BCUT2D eigenvalue weighted by Crippen LogP contribution is 2.26. The van der Waals surface area contributed by atoms with Gasteiger partial charge >= 0.3 is 0 Å². The van der Waals surface area contributed by atoms with Gasteiger partial charge in [0.05, 0.1) is 12.6 Å². The van der Waals surface area contributed by atoms with E-state index in [4.69, 9.17) is 16.3 Å². The molecule has 0 bridgehead atoms. The Morgan fingerprint density at radius 2 is 2.10 bits per heavy atom. The maximum Gasteiger partial charge on any atom is 0.242 e. The van der Waals surface area contributed by atoms with Gasteiger partial charge in [0.25, 0.3) is 0 Å². The molecular formula is C16H24ClNO2. The van der Waals surface area contributed by atoms with Crippen molar-refractivity contribution in [2.24, 2.45) is 0 Å². The van der Waals surface area contributed by atoms with Crippen molar-refractivity contribution in [2.45, 2.75) is 40.2 Å². The normalized spacial score (nSPS) is 12.2. The Morgan fingerprint density at radius 1 is 1.40 bits per heavy atom. The van der Waals surface area contributed by atoms with Crippen LogP contribution in [-0.2, 0) is 16.0 Å². The van der Waals surface area contributed by atoms with E-state index >= 15 is 0 Å². The van der Waals surface area contributed by atoms with Crippen LogP contribution in [0.3, 0.4) is 0 Å². The standard InChI is InChI=1S/C16H24ClNO2/c1-5-14-9-7-8-12(3)16(14)18(15(19)10-17)11-13(4)20-6-2/h7-9,13H,5-6,10-11H2,1-4H3. The fraction of sp³-hybridized carbons (Fsp3) is 0.562. The number of anilines is 1. The number of rotatable bonds is 7. The highest BCUT2D eigenvalue weighted by atomic mass is 35.5. The second kappa shape index (κ2) is 8.28. The fourth-order valence-electron chi connectivity index (χ4n) is 2.38. The molecule has 0 aliphatic rings. The molecule has 4 heteroatoms. The molecule has 0 aromatic heterocycles. The van der Waals surface area contributed by atoms with Crippen LogP contribution in [0.5, 0.6) is 0 Å². The molecule has 1 amide bonds. The summed E-state index contributed by atoms with van der Waals surface area (Å²) in [6, 6.07) is 6.10. The van der Waals surface area contributed by atoms with Crippen LogP contribution in [0, 0.1) is 6.92 Å². The van der Waals surface area contributed by atoms with Gasteiger partial charge in [-0.2, -0.15) is 0 Å². The molecule has 0 fully saturated rings. The first-order valence-electron chi connectivity index (χ1n) is 7.11. The first-order valence-corrected chi connectivity index (χ1v) is 7.64. The quantitative estimate of drug-likeness (QED) is 0.720. The summed E-state index contributed by atoms with van der Waals surface area (Å²) in [4.78, 5) is 14.0. The number of benzene rings is 1. The third kappa shape index (κ3) is 4.22. The summed E-state index contributed by atoms with van der Waals surface area (Å²) >= 11 is 5.77. The number of halogens is 1. The van der Waals surface area contributed by atoms with Gasteiger partial charge in [-0.3, -0.25) is 4.79 Å². The maximum absolute atomic E-state index is 12.2. The second-order valence-corrected chi connectivity index (χ2v) is 5.11. The monoisotopic (exact) mass is 297 g/mol. The fourth-order valence-corrected chi connectivity index (χ4v) is 2.52. The van der Waals surface area contributed by atoms with Crippen molar-refractivity contribution >= 4 is 23.2 Å². The number of amides is 1. The number of carbonyl (C=O) groups is 1. The molecule has 0 saturated heterocycles. The van der Waals surface area contributed by atoms with Crippen molar-refractivity contribution in [3.05, 3.63) is 29.3 Å². The second-order valence-electron chi connectivity index (χ2n) is 4.84. The van der Waals surface area contributed by atoms with Gasteiger partial charge in [0, 0.05) is 12.3 Å². The molecule has 20 heavy (non-hydrogen) atoms. The molecule has 1 unspecified atom stereocenters. The summed E-state index contributed by atoms with van der Waals surface area (Å²) in [6.45, 7) is 9.20. The minimum Gasteiger partial charge on any atom is -0.377 e. The Hall–Kier alpha value is -1.06. The highest BCUT2D eigenvalue weighted by molar-refractivity contribution is 6.29. The van der Waals surface area contributed by atoms with E-state index in [0.29, 0.717) is 13.2 Å². The van der Waals surface area contributed by atoms with Crippen LogP contribution in [0.1, 0.15) is 31.9 Å². The van der Waals surface area contributed by atoms with Crippen molar-refractivity contribution < 1.29 is 9.53 Å². The van der Waals surface area contributed by atoms with E-state index in [-0.39, 0.29) is 17.9 Å². The van der Waals surface area contributed by atoms with Gasteiger partial charge in [0.1, 0.15) is 5.88 Å². The minimum atomic E-state index is -0.0813. The predicted molar refractivity (Wildman–Crippen MR) is 84.7 cm³/mol. The number of para-hydroxylation sites is 1. The Kier molecular flexibility index (Phi) is 7.03. The Morgan fingerprint density at radius 3 is 2.65 bits per heavy atom. The van der Waals surface area contributed by atoms with Gasteiger partial charge in [-0.1, -0.05) is 25.1 Å². The Balaban J connectivity index is 3.14. The molecule has 0 radical (unpaired) electrons. The molecule has 0 N–H and O–H groups in total. The number of carbonyl (C=O) groups excluding carboxylic acids is 1. The summed E-state index contributed by atoms with van der Waals surface area (Å²) in [5.74, 6) is -0.0988. The summed E-state index contributed by atoms with van der Waals surface area (Å²) in [6.07, 6.45) is 0.864. The average molecular weight is 298 g/mol. The van der Waals surface area contributed by atoms with Crippen LogP contribution in [0.4, 0.5) is 5.69 Å². The minimum absolute atomic E-state index is 0.0171. The molecule has 0 spiro atoms. The number of alkyl halides is 1. The summed E-state index contributed by atoms with van der Waals surface area (Å²) < 4.78 is 5.56. The van der Waals surface area contributed by atoms with Crippen molar-refractivity contribution in [3.63, 3.8) is 0 Å². The van der Waals surface area contributed by atoms with Crippen LogP contribution in [0.25, 0.3) is 0 Å². The first-order chi connectivity index (χ1) is 9.54. The molecule has 1 aromatic carbocycles. The molecule has 3 nitrogen and oxygen atoms in total. The Bertz CT molecular complexity index is 448. The first kappa shape index (κ1) is 17.0. The lowest BCUT2D eigenvalue weighted by molar-refractivity contribution is -0.116. The van der Waals surface area contributed by atoms with E-state index in [0.717, 1.165) is 23.2 Å². The zero-order valence-corrected chi connectivity index (χ0v) is 13.5. The SMILES string of the molecule is CCOC(C)CN(C(=O)CCl)c1c(C)cccc1CC. The van der Waals surface area contributed by atoms with Crippen molar-refractivity contribution in [2.75, 3.05) is 23.9 Å². The molecule has 0 aliphatic heterocycles. The van der Waals surface area contributed by atoms with Crippen LogP contribution in [0.15, 0.2) is 18.2 Å². The number of hydrogen-bond acceptors (Lipinski definition) is 2. The van der Waals surface area contributed by atoms with Gasteiger partial charge in [-0.25, -0.2) is 0 Å². The van der Waals surface area contributed by atoms with Crippen LogP contribution in [-0.4, -0.2) is 31.0 Å². The third-order valence-corrected chi connectivity index (χ3v) is 3.51. The van der Waals surface area contributed by atoms with E-state index in [9.17, 15) is 4.79 Å². The lowest BCUT2D eigenvalue weighted by atomic mass is 10.0. The van der Waals surface area contributed by atoms with E-state index in [1.807, 2.05) is 32.9 Å². The maximum atomic E-state index is 12.2. The van der Waals surface area contributed by atoms with Gasteiger partial charge in [0.2, 0.25) is 5.91 Å². The van der Waals surface area contributed by atoms with Crippen molar-refractivity contribution in [1.29, 1.82) is 0 Å². The average Bonchev–Trinajstić information content (AvgIpc) is 2.44. The molecule has 0 heterocycles. The van der Waals surface area contributed by atoms with Crippen LogP contribution in [0.2, 0.25) is 0 Å². The van der Waals surface area contributed by atoms with Crippen molar-refractivity contribution in [1.82, 2.24) is 0 Å². The van der Waals surface area contributed by atoms with Gasteiger partial charge < -0.3 is 9.64 Å². The molecule has 0 aliphatic carbocycles. The van der Waals surface area contributed by atoms with E-state index in [2.05, 4.69) is 13.0 Å². The molecule has 1 aromatic rings. The molecule has 112 valence electrons. The largest absolute Gasteiger partial charge is 0.377 e. The number of nitrogens with zero attached hydrogens (tertiary/aromatic N) is 1. The highest BCUT2D eigenvalue weighted by Gasteiger charge is 2.21. The third-order valence-electron chi connectivity index (χ3n) is 3.28. The van der Waals surface area contributed by atoms with Crippen LogP contribution >= 0.6 is 11.6 Å². The number of ether oxygens (including phenoxy) is 1. The zero-order chi connectivity index (χ0) is 15.1. The van der Waals surface area contributed by atoms with Crippen LogP contribution < -0.4 is 4.90 Å². The van der Waals surface area contributed by atoms with E-state index < -0.39 is 0 Å². The molecule has 1 rings (SSSR count). The lowest BCUT2D eigenvalue weighted by Gasteiger charge is -2.28. The number of aryl methyl sites for hydroxylation is 2. The van der Waals surface area contributed by atoms with Gasteiger partial charge in [-0.05, 0) is 38.3 Å². The van der Waals surface area contributed by atoms with Crippen molar-refractivity contribution in [3.8, 4) is 0 Å². The van der Waals surface area contributed by atoms with Gasteiger partial charge in [0.15, 0.2) is 0 Å². The summed E-state index contributed by atoms with van der Waals surface area (Å²) in [5, 5.41) is 0. The summed E-state index contributed by atoms with van der Waals surface area (Å²) in [7, 11) is 0. The molecule has 0 saturated carbocycles. The molecule has 1 atom stereocenters. The van der Waals surface area contributed by atoms with E-state index in [1.165, 1.54) is 0 Å². The number of hydrogen-bond donors (Lipinski definition) is 0. The smallest absolute Gasteiger partial charge is 0.242 e. The molecular weight excluding hydrogens is 274 g/mol. The van der Waals surface area contributed by atoms with E-state index in [1.54, 1.807) is 4.90 Å². The predicted octanol–water partition coefficient (Wildman–Crippen LogP) is 3.55.